The molecule has 1 aliphatic heterocycles. The summed E-state index contributed by atoms with van der Waals surface area (Å²) in [4.78, 5) is 48.5. The van der Waals surface area contributed by atoms with E-state index in [2.05, 4.69) is 17.7 Å². The predicted octanol–water partition coefficient (Wildman–Crippen LogP) is 1.44. The van der Waals surface area contributed by atoms with Crippen molar-refractivity contribution in [3.63, 3.8) is 0 Å². The fraction of sp³-hybridized carbons (Fsp3) is 0.474. The first-order chi connectivity index (χ1) is 13.3. The van der Waals surface area contributed by atoms with Gasteiger partial charge < -0.3 is 10.1 Å². The molecule has 0 aromatic heterocycles. The van der Waals surface area contributed by atoms with Crippen LogP contribution in [0.3, 0.4) is 0 Å². The summed E-state index contributed by atoms with van der Waals surface area (Å²) < 4.78 is 17.9. The Labute approximate surface area is 161 Å². The van der Waals surface area contributed by atoms with Crippen LogP contribution in [-0.2, 0) is 25.5 Å². The van der Waals surface area contributed by atoms with Gasteiger partial charge in [0.15, 0.2) is 6.61 Å². The van der Waals surface area contributed by atoms with Gasteiger partial charge in [-0.1, -0.05) is 19.1 Å². The minimum absolute atomic E-state index is 0.199. The Morgan fingerprint density at radius 1 is 1.32 bits per heavy atom. The van der Waals surface area contributed by atoms with Crippen molar-refractivity contribution in [1.82, 2.24) is 15.8 Å². The molecule has 2 N–H and O–H groups in total. The number of hydrogen-bond donors (Lipinski definition) is 2. The Bertz CT molecular complexity index is 805. The molecule has 1 heterocycles. The highest BCUT2D eigenvalue weighted by Crippen LogP contribution is 2.35. The lowest BCUT2D eigenvalue weighted by atomic mass is 9.77. The van der Waals surface area contributed by atoms with Crippen LogP contribution in [0.2, 0.25) is 0 Å². The SMILES string of the molecule is CC1CCC2(CC1)NC(=O)N(NC(=O)COC(=O)Cc1cccc(F)c1)C2=O. The van der Waals surface area contributed by atoms with Crippen molar-refractivity contribution in [2.45, 2.75) is 44.6 Å². The molecule has 0 radical (unpaired) electrons. The van der Waals surface area contributed by atoms with Crippen LogP contribution >= 0.6 is 0 Å². The van der Waals surface area contributed by atoms with Gasteiger partial charge in [0.05, 0.1) is 6.42 Å². The summed E-state index contributed by atoms with van der Waals surface area (Å²) in [6.07, 6.45) is 2.47. The lowest BCUT2D eigenvalue weighted by molar-refractivity contribution is -0.150. The maximum Gasteiger partial charge on any atom is 0.344 e. The molecule has 1 spiro atoms. The molecule has 1 aromatic carbocycles. The van der Waals surface area contributed by atoms with Crippen LogP contribution in [0.15, 0.2) is 24.3 Å². The quantitative estimate of drug-likeness (QED) is 0.584. The van der Waals surface area contributed by atoms with Crippen molar-refractivity contribution in [3.05, 3.63) is 35.6 Å². The van der Waals surface area contributed by atoms with Crippen molar-refractivity contribution in [3.8, 4) is 0 Å². The fourth-order valence-corrected chi connectivity index (χ4v) is 3.48. The molecule has 0 atom stereocenters. The van der Waals surface area contributed by atoms with Crippen molar-refractivity contribution >= 4 is 23.8 Å². The third kappa shape index (κ3) is 4.29. The molecule has 1 aromatic rings. The van der Waals surface area contributed by atoms with Gasteiger partial charge in [-0.05, 0) is 49.3 Å². The van der Waals surface area contributed by atoms with E-state index in [1.54, 1.807) is 6.07 Å². The first-order valence-corrected chi connectivity index (χ1v) is 9.15. The average Bonchev–Trinajstić information content (AvgIpc) is 2.87. The Morgan fingerprint density at radius 3 is 2.71 bits per heavy atom. The van der Waals surface area contributed by atoms with Gasteiger partial charge in [0.2, 0.25) is 0 Å². The van der Waals surface area contributed by atoms with Gasteiger partial charge in [0, 0.05) is 0 Å². The van der Waals surface area contributed by atoms with E-state index >= 15 is 0 Å². The summed E-state index contributed by atoms with van der Waals surface area (Å²) >= 11 is 0. The third-order valence-corrected chi connectivity index (χ3v) is 5.13. The smallest absolute Gasteiger partial charge is 0.344 e. The van der Waals surface area contributed by atoms with E-state index in [0.717, 1.165) is 12.8 Å². The number of rotatable bonds is 5. The van der Waals surface area contributed by atoms with Gasteiger partial charge in [-0.15, -0.1) is 0 Å². The summed E-state index contributed by atoms with van der Waals surface area (Å²) in [5.41, 5.74) is 1.63. The maximum atomic E-state index is 13.1. The number of carbonyl (C=O) groups is 4. The van der Waals surface area contributed by atoms with Crippen molar-refractivity contribution in [1.29, 1.82) is 0 Å². The first-order valence-electron chi connectivity index (χ1n) is 9.15. The van der Waals surface area contributed by atoms with E-state index < -0.39 is 41.8 Å². The minimum atomic E-state index is -0.967. The zero-order valence-corrected chi connectivity index (χ0v) is 15.5. The number of carbonyl (C=O) groups excluding carboxylic acids is 4. The summed E-state index contributed by atoms with van der Waals surface area (Å²) in [6, 6.07) is 4.77. The monoisotopic (exact) mass is 391 g/mol. The Hall–Kier alpha value is -2.97. The predicted molar refractivity (Wildman–Crippen MR) is 94.9 cm³/mol. The zero-order chi connectivity index (χ0) is 20.3. The number of esters is 1. The normalized spacial score (nSPS) is 24.2. The second-order valence-electron chi connectivity index (χ2n) is 7.34. The molecule has 0 bridgehead atoms. The van der Waals surface area contributed by atoms with Gasteiger partial charge >= 0.3 is 12.0 Å². The molecule has 150 valence electrons. The molecule has 2 fully saturated rings. The third-order valence-electron chi connectivity index (χ3n) is 5.13. The molecule has 1 saturated heterocycles. The molecule has 1 saturated carbocycles. The van der Waals surface area contributed by atoms with E-state index in [0.29, 0.717) is 29.3 Å². The second-order valence-corrected chi connectivity index (χ2v) is 7.34. The highest BCUT2D eigenvalue weighted by molar-refractivity contribution is 6.08. The Kier molecular flexibility index (Phi) is 5.62. The molecule has 28 heavy (non-hydrogen) atoms. The minimum Gasteiger partial charge on any atom is -0.455 e. The van der Waals surface area contributed by atoms with E-state index in [1.807, 2.05) is 0 Å². The van der Waals surface area contributed by atoms with Gasteiger partial charge in [-0.2, -0.15) is 5.01 Å². The van der Waals surface area contributed by atoms with E-state index in [-0.39, 0.29) is 6.42 Å². The zero-order valence-electron chi connectivity index (χ0n) is 15.5. The Morgan fingerprint density at radius 2 is 2.04 bits per heavy atom. The second kappa shape index (κ2) is 7.95. The lowest BCUT2D eigenvalue weighted by Crippen LogP contribution is -2.52. The number of nitrogens with one attached hydrogen (secondary N) is 2. The standard InChI is InChI=1S/C19H22FN3O5/c1-12-5-7-19(8-6-12)17(26)23(18(27)21-19)22-15(24)11-28-16(25)10-13-3-2-4-14(20)9-13/h2-4,9,12H,5-8,10-11H2,1H3,(H,21,27)(H,22,24). The molecule has 2 aliphatic rings. The first kappa shape index (κ1) is 19.8. The van der Waals surface area contributed by atoms with E-state index in [4.69, 9.17) is 4.74 Å². The fourth-order valence-electron chi connectivity index (χ4n) is 3.48. The van der Waals surface area contributed by atoms with E-state index in [9.17, 15) is 23.6 Å². The number of nitrogens with zero attached hydrogens (tertiary/aromatic N) is 1. The number of halogens is 1. The van der Waals surface area contributed by atoms with Gasteiger partial charge in [-0.3, -0.25) is 19.8 Å². The van der Waals surface area contributed by atoms with Crippen LogP contribution < -0.4 is 10.7 Å². The van der Waals surface area contributed by atoms with Crippen LogP contribution in [0.25, 0.3) is 0 Å². The van der Waals surface area contributed by atoms with E-state index in [1.165, 1.54) is 18.2 Å². The Balaban J connectivity index is 1.50. The van der Waals surface area contributed by atoms with Crippen LogP contribution in [-0.4, -0.2) is 41.0 Å². The molecule has 0 unspecified atom stereocenters. The highest BCUT2D eigenvalue weighted by atomic mass is 19.1. The summed E-state index contributed by atoms with van der Waals surface area (Å²) in [5, 5.41) is 3.33. The number of benzene rings is 1. The molecule has 1 aliphatic carbocycles. The molecular formula is C19H22FN3O5. The van der Waals surface area contributed by atoms with Crippen LogP contribution in [0.1, 0.15) is 38.2 Å². The molecular weight excluding hydrogens is 369 g/mol. The largest absolute Gasteiger partial charge is 0.455 e. The number of hydrazine groups is 1. The number of hydrogen-bond acceptors (Lipinski definition) is 5. The van der Waals surface area contributed by atoms with Gasteiger partial charge in [0.1, 0.15) is 11.4 Å². The summed E-state index contributed by atoms with van der Waals surface area (Å²) in [5.74, 6) is -2.03. The summed E-state index contributed by atoms with van der Waals surface area (Å²) in [6.45, 7) is 1.43. The molecule has 9 heteroatoms. The molecule has 8 nitrogen and oxygen atoms in total. The van der Waals surface area contributed by atoms with Crippen LogP contribution in [0.5, 0.6) is 0 Å². The lowest BCUT2D eigenvalue weighted by Gasteiger charge is -2.33. The van der Waals surface area contributed by atoms with Crippen LogP contribution in [0, 0.1) is 11.7 Å². The maximum absolute atomic E-state index is 13.1. The number of ether oxygens (including phenoxy) is 1. The van der Waals surface area contributed by atoms with Gasteiger partial charge in [-0.25, -0.2) is 9.18 Å². The molecule has 3 rings (SSSR count). The van der Waals surface area contributed by atoms with Crippen LogP contribution in [0.4, 0.5) is 9.18 Å². The number of urea groups is 1. The average molecular weight is 391 g/mol. The van der Waals surface area contributed by atoms with Crippen molar-refractivity contribution in [2.75, 3.05) is 6.61 Å². The number of imide groups is 1. The topological polar surface area (TPSA) is 105 Å². The van der Waals surface area contributed by atoms with Crippen molar-refractivity contribution < 1.29 is 28.3 Å². The summed E-state index contributed by atoms with van der Waals surface area (Å²) in [7, 11) is 0. The van der Waals surface area contributed by atoms with Gasteiger partial charge in [0.25, 0.3) is 11.8 Å². The van der Waals surface area contributed by atoms with Crippen molar-refractivity contribution in [2.24, 2.45) is 5.92 Å². The number of amides is 4. The highest BCUT2D eigenvalue weighted by Gasteiger charge is 2.52. The molecule has 4 amide bonds.